The number of aryl methyl sites for hydroxylation is 1. The van der Waals surface area contributed by atoms with Crippen LogP contribution in [0.2, 0.25) is 0 Å². The molecule has 7 nitrogen and oxygen atoms in total. The van der Waals surface area contributed by atoms with Gasteiger partial charge in [-0.3, -0.25) is 14.0 Å². The van der Waals surface area contributed by atoms with Crippen LogP contribution >= 0.6 is 11.3 Å². The maximum Gasteiger partial charge on any atom is 0.355 e. The molecule has 0 aliphatic heterocycles. The van der Waals surface area contributed by atoms with Crippen LogP contribution in [0.15, 0.2) is 52.3 Å². The highest BCUT2D eigenvalue weighted by Gasteiger charge is 2.14. The number of hydrogen-bond acceptors (Lipinski definition) is 6. The largest absolute Gasteiger partial charge is 0.455 e. The van der Waals surface area contributed by atoms with Gasteiger partial charge in [0, 0.05) is 24.1 Å². The Morgan fingerprint density at radius 3 is 2.74 bits per heavy atom. The molecule has 0 spiro atoms. The normalized spacial score (nSPS) is 11.4. The Hall–Kier alpha value is -3.26. The quantitative estimate of drug-likeness (QED) is 0.539. The first-order valence-corrected chi connectivity index (χ1v) is 9.00. The molecule has 1 N–H and O–H groups in total. The molecule has 1 aromatic carbocycles. The van der Waals surface area contributed by atoms with E-state index in [-0.39, 0.29) is 23.8 Å². The minimum absolute atomic E-state index is 0.0125. The Balaban J connectivity index is 1.79. The van der Waals surface area contributed by atoms with Gasteiger partial charge in [-0.2, -0.15) is 0 Å². The van der Waals surface area contributed by atoms with E-state index in [4.69, 9.17) is 4.74 Å². The highest BCUT2D eigenvalue weighted by molar-refractivity contribution is 7.15. The van der Waals surface area contributed by atoms with Crippen molar-refractivity contribution in [3.05, 3.63) is 74.8 Å². The van der Waals surface area contributed by atoms with Crippen molar-refractivity contribution in [2.24, 2.45) is 0 Å². The average molecular weight is 383 g/mol. The lowest BCUT2D eigenvalue weighted by Gasteiger charge is -2.09. The van der Waals surface area contributed by atoms with E-state index in [1.165, 1.54) is 34.8 Å². The standard InChI is InChI=1S/C19H17N3O4S/c1-12-11-27-19-21-15(9-17(24)22(12)19)10-26-18(25)16(20-13(2)23)8-14-6-4-3-5-7-14/h3-9,11H,10H2,1-2H3,(H,20,23)/b16-8-. The van der Waals surface area contributed by atoms with Crippen molar-refractivity contribution in [3.8, 4) is 0 Å². The Labute approximate surface area is 158 Å². The van der Waals surface area contributed by atoms with Gasteiger partial charge in [-0.05, 0) is 18.6 Å². The van der Waals surface area contributed by atoms with Crippen molar-refractivity contribution in [2.45, 2.75) is 20.5 Å². The maximum atomic E-state index is 12.4. The smallest absolute Gasteiger partial charge is 0.355 e. The zero-order valence-electron chi connectivity index (χ0n) is 14.8. The third kappa shape index (κ3) is 4.48. The number of hydrogen-bond donors (Lipinski definition) is 1. The minimum atomic E-state index is -0.710. The zero-order chi connectivity index (χ0) is 19.4. The minimum Gasteiger partial charge on any atom is -0.455 e. The van der Waals surface area contributed by atoms with E-state index >= 15 is 0 Å². The lowest BCUT2D eigenvalue weighted by Crippen LogP contribution is -2.26. The summed E-state index contributed by atoms with van der Waals surface area (Å²) < 4.78 is 6.74. The first kappa shape index (κ1) is 18.5. The molecule has 0 saturated heterocycles. The van der Waals surface area contributed by atoms with Crippen molar-refractivity contribution >= 4 is 34.3 Å². The van der Waals surface area contributed by atoms with Crippen LogP contribution in [0.4, 0.5) is 0 Å². The van der Waals surface area contributed by atoms with Gasteiger partial charge in [0.25, 0.3) is 5.56 Å². The van der Waals surface area contributed by atoms with Crippen LogP contribution in [0.3, 0.4) is 0 Å². The molecule has 27 heavy (non-hydrogen) atoms. The number of thiazole rings is 1. The van der Waals surface area contributed by atoms with Gasteiger partial charge in [-0.15, -0.1) is 11.3 Å². The van der Waals surface area contributed by atoms with E-state index in [9.17, 15) is 14.4 Å². The van der Waals surface area contributed by atoms with Crippen LogP contribution < -0.4 is 10.9 Å². The molecular weight excluding hydrogens is 366 g/mol. The fraction of sp³-hybridized carbons (Fsp3) is 0.158. The molecule has 0 unspecified atom stereocenters. The van der Waals surface area contributed by atoms with E-state index in [1.54, 1.807) is 12.1 Å². The van der Waals surface area contributed by atoms with Gasteiger partial charge < -0.3 is 10.1 Å². The van der Waals surface area contributed by atoms with E-state index in [1.807, 2.05) is 30.5 Å². The summed E-state index contributed by atoms with van der Waals surface area (Å²) in [5.74, 6) is -1.10. The SMILES string of the molecule is CC(=O)N/C(=C\c1ccccc1)C(=O)OCc1cc(=O)n2c(C)csc2n1. The van der Waals surface area contributed by atoms with E-state index in [2.05, 4.69) is 10.3 Å². The molecule has 2 heterocycles. The van der Waals surface area contributed by atoms with Gasteiger partial charge in [0.05, 0.1) is 5.69 Å². The second-order valence-electron chi connectivity index (χ2n) is 5.81. The summed E-state index contributed by atoms with van der Waals surface area (Å²) >= 11 is 1.34. The van der Waals surface area contributed by atoms with Crippen LogP contribution in [0, 0.1) is 6.92 Å². The monoisotopic (exact) mass is 383 g/mol. The molecule has 0 radical (unpaired) electrons. The van der Waals surface area contributed by atoms with Crippen molar-refractivity contribution in [2.75, 3.05) is 0 Å². The van der Waals surface area contributed by atoms with Crippen LogP contribution in [-0.2, 0) is 20.9 Å². The van der Waals surface area contributed by atoms with Crippen molar-refractivity contribution < 1.29 is 14.3 Å². The first-order valence-electron chi connectivity index (χ1n) is 8.12. The number of aromatic nitrogens is 2. The van der Waals surface area contributed by atoms with Gasteiger partial charge in [0.1, 0.15) is 12.3 Å². The molecule has 1 amide bonds. The van der Waals surface area contributed by atoms with E-state index in [0.29, 0.717) is 10.7 Å². The van der Waals surface area contributed by atoms with Gasteiger partial charge in [0.15, 0.2) is 4.96 Å². The Kier molecular flexibility index (Phi) is 5.46. The van der Waals surface area contributed by atoms with Gasteiger partial charge in [-0.1, -0.05) is 30.3 Å². The van der Waals surface area contributed by atoms with E-state index in [0.717, 1.165) is 11.3 Å². The van der Waals surface area contributed by atoms with Gasteiger partial charge >= 0.3 is 5.97 Å². The number of carbonyl (C=O) groups is 2. The number of amides is 1. The number of fused-ring (bicyclic) bond motifs is 1. The van der Waals surface area contributed by atoms with Crippen molar-refractivity contribution in [1.29, 1.82) is 0 Å². The second kappa shape index (κ2) is 7.96. The summed E-state index contributed by atoms with van der Waals surface area (Å²) in [6.07, 6.45) is 1.53. The molecule has 8 heteroatoms. The van der Waals surface area contributed by atoms with Crippen molar-refractivity contribution in [1.82, 2.24) is 14.7 Å². The summed E-state index contributed by atoms with van der Waals surface area (Å²) in [4.78, 5) is 40.8. The van der Waals surface area contributed by atoms with Crippen LogP contribution in [-0.4, -0.2) is 21.3 Å². The number of nitrogens with one attached hydrogen (secondary N) is 1. The predicted molar refractivity (Wildman–Crippen MR) is 102 cm³/mol. The number of esters is 1. The fourth-order valence-corrected chi connectivity index (χ4v) is 3.33. The van der Waals surface area contributed by atoms with Crippen LogP contribution in [0.5, 0.6) is 0 Å². The average Bonchev–Trinajstić information content (AvgIpc) is 3.01. The number of benzene rings is 1. The zero-order valence-corrected chi connectivity index (χ0v) is 15.6. The summed E-state index contributed by atoms with van der Waals surface area (Å²) in [7, 11) is 0. The fourth-order valence-electron chi connectivity index (χ4n) is 2.44. The molecule has 2 aromatic heterocycles. The third-order valence-corrected chi connectivity index (χ3v) is 4.56. The topological polar surface area (TPSA) is 89.8 Å². The molecule has 0 aliphatic carbocycles. The van der Waals surface area contributed by atoms with Crippen LogP contribution in [0.25, 0.3) is 11.0 Å². The molecule has 3 aromatic rings. The lowest BCUT2D eigenvalue weighted by atomic mass is 10.2. The van der Waals surface area contributed by atoms with Gasteiger partial charge in [-0.25, -0.2) is 9.78 Å². The second-order valence-corrected chi connectivity index (χ2v) is 6.64. The highest BCUT2D eigenvalue weighted by Crippen LogP contribution is 2.12. The predicted octanol–water partition coefficient (Wildman–Crippen LogP) is 2.28. The van der Waals surface area contributed by atoms with E-state index < -0.39 is 5.97 Å². The lowest BCUT2D eigenvalue weighted by molar-refractivity contribution is -0.141. The number of carbonyl (C=O) groups excluding carboxylic acids is 2. The summed E-state index contributed by atoms with van der Waals surface area (Å²) in [6, 6.07) is 10.4. The van der Waals surface area contributed by atoms with Gasteiger partial charge in [0.2, 0.25) is 5.91 Å². The van der Waals surface area contributed by atoms with Crippen LogP contribution in [0.1, 0.15) is 23.9 Å². The number of ether oxygens (including phenoxy) is 1. The first-order chi connectivity index (χ1) is 12.9. The summed E-state index contributed by atoms with van der Waals surface area (Å²) in [5.41, 5.74) is 1.67. The molecule has 0 atom stereocenters. The number of nitrogens with zero attached hydrogens (tertiary/aromatic N) is 2. The molecular formula is C19H17N3O4S. The maximum absolute atomic E-state index is 12.4. The molecule has 0 bridgehead atoms. The Bertz CT molecular complexity index is 1080. The molecule has 138 valence electrons. The summed E-state index contributed by atoms with van der Waals surface area (Å²) in [6.45, 7) is 2.95. The molecule has 0 fully saturated rings. The Morgan fingerprint density at radius 2 is 2.04 bits per heavy atom. The highest BCUT2D eigenvalue weighted by atomic mass is 32.1. The number of rotatable bonds is 5. The summed E-state index contributed by atoms with van der Waals surface area (Å²) in [5, 5.41) is 4.30. The molecule has 0 aliphatic rings. The third-order valence-electron chi connectivity index (χ3n) is 3.62. The van der Waals surface area contributed by atoms with Crippen molar-refractivity contribution in [3.63, 3.8) is 0 Å². The molecule has 3 rings (SSSR count). The molecule has 0 saturated carbocycles. The Morgan fingerprint density at radius 1 is 1.30 bits per heavy atom.